The predicted octanol–water partition coefficient (Wildman–Crippen LogP) is 2.06. The molecule has 0 aliphatic carbocycles. The molecule has 3 heteroatoms. The molecule has 0 aliphatic heterocycles. The van der Waals surface area contributed by atoms with Crippen molar-refractivity contribution in [3.8, 4) is 0 Å². The molecule has 2 nitrogen and oxygen atoms in total. The van der Waals surface area contributed by atoms with Crippen LogP contribution in [0.1, 0.15) is 17.5 Å². The number of aromatic nitrogens is 1. The number of anilines is 1. The zero-order chi connectivity index (χ0) is 7.56. The van der Waals surface area contributed by atoms with E-state index in [0.717, 1.165) is 17.2 Å². The molecule has 0 spiro atoms. The average Bonchev–Trinajstić information content (AvgIpc) is 2.30. The Bertz CT molecular complexity index is 217. The van der Waals surface area contributed by atoms with Gasteiger partial charge in [-0.25, -0.2) is 4.98 Å². The first-order chi connectivity index (χ1) is 4.77. The van der Waals surface area contributed by atoms with E-state index in [9.17, 15) is 0 Å². The second-order valence-corrected chi connectivity index (χ2v) is 3.21. The second kappa shape index (κ2) is 3.01. The van der Waals surface area contributed by atoms with Gasteiger partial charge in [0.15, 0.2) is 5.13 Å². The largest absolute Gasteiger partial charge is 0.365 e. The van der Waals surface area contributed by atoms with Crippen molar-refractivity contribution >= 4 is 16.5 Å². The van der Waals surface area contributed by atoms with Gasteiger partial charge in [0.1, 0.15) is 0 Å². The molecule has 0 saturated carbocycles. The van der Waals surface area contributed by atoms with Crippen molar-refractivity contribution in [3.63, 3.8) is 0 Å². The predicted molar refractivity (Wildman–Crippen MR) is 45.8 cm³/mol. The highest BCUT2D eigenvalue weighted by Crippen LogP contribution is 2.21. The fourth-order valence-electron chi connectivity index (χ4n) is 0.863. The zero-order valence-corrected chi connectivity index (χ0v) is 7.38. The Morgan fingerprint density at radius 3 is 2.60 bits per heavy atom. The Morgan fingerprint density at radius 1 is 1.60 bits per heavy atom. The normalized spacial score (nSPS) is 9.90. The molecule has 1 aromatic heterocycles. The van der Waals surface area contributed by atoms with Gasteiger partial charge < -0.3 is 5.32 Å². The Hall–Kier alpha value is -0.570. The number of nitrogens with zero attached hydrogens (tertiary/aromatic N) is 1. The van der Waals surface area contributed by atoms with Crippen LogP contribution < -0.4 is 5.32 Å². The fourth-order valence-corrected chi connectivity index (χ4v) is 1.72. The molecule has 0 amide bonds. The summed E-state index contributed by atoms with van der Waals surface area (Å²) in [6.45, 7) is 4.20. The Kier molecular flexibility index (Phi) is 2.27. The molecule has 1 rings (SSSR count). The SMILES string of the molecule is CCc1sc(NC)nc1C. The zero-order valence-electron chi connectivity index (χ0n) is 6.56. The number of aryl methyl sites for hydroxylation is 2. The topological polar surface area (TPSA) is 24.9 Å². The highest BCUT2D eigenvalue weighted by atomic mass is 32.1. The van der Waals surface area contributed by atoms with E-state index in [-0.39, 0.29) is 0 Å². The molecule has 0 unspecified atom stereocenters. The van der Waals surface area contributed by atoms with Crippen molar-refractivity contribution in [1.82, 2.24) is 4.98 Å². The third-order valence-corrected chi connectivity index (χ3v) is 2.75. The minimum Gasteiger partial charge on any atom is -0.365 e. The van der Waals surface area contributed by atoms with Gasteiger partial charge in [0.25, 0.3) is 0 Å². The molecular weight excluding hydrogens is 144 g/mol. The lowest BCUT2D eigenvalue weighted by molar-refractivity contribution is 1.11. The van der Waals surface area contributed by atoms with Crippen LogP contribution in [0.15, 0.2) is 0 Å². The number of nitrogens with one attached hydrogen (secondary N) is 1. The molecule has 0 atom stereocenters. The first kappa shape index (κ1) is 7.54. The van der Waals surface area contributed by atoms with Crippen LogP contribution in [0.4, 0.5) is 5.13 Å². The highest BCUT2D eigenvalue weighted by Gasteiger charge is 2.02. The molecular formula is C7H12N2S. The van der Waals surface area contributed by atoms with Crippen LogP contribution in [0.2, 0.25) is 0 Å². The summed E-state index contributed by atoms with van der Waals surface area (Å²) >= 11 is 1.74. The molecule has 1 aromatic rings. The average molecular weight is 156 g/mol. The van der Waals surface area contributed by atoms with Gasteiger partial charge in [-0.1, -0.05) is 6.92 Å². The summed E-state index contributed by atoms with van der Waals surface area (Å²) in [6.07, 6.45) is 1.09. The van der Waals surface area contributed by atoms with Gasteiger partial charge in [-0.2, -0.15) is 0 Å². The molecule has 0 bridgehead atoms. The number of hydrogen-bond acceptors (Lipinski definition) is 3. The lowest BCUT2D eigenvalue weighted by Gasteiger charge is -1.86. The quantitative estimate of drug-likeness (QED) is 0.709. The van der Waals surface area contributed by atoms with Crippen LogP contribution in [0.25, 0.3) is 0 Å². The number of rotatable bonds is 2. The third kappa shape index (κ3) is 1.29. The monoisotopic (exact) mass is 156 g/mol. The standard InChI is InChI=1S/C7H12N2S/c1-4-6-5(2)9-7(8-3)10-6/h4H2,1-3H3,(H,8,9). The van der Waals surface area contributed by atoms with E-state index in [1.54, 1.807) is 11.3 Å². The Balaban J connectivity index is 2.92. The van der Waals surface area contributed by atoms with Crippen molar-refractivity contribution in [1.29, 1.82) is 0 Å². The summed E-state index contributed by atoms with van der Waals surface area (Å²) in [5.41, 5.74) is 1.16. The maximum absolute atomic E-state index is 4.31. The lowest BCUT2D eigenvalue weighted by Crippen LogP contribution is -1.85. The van der Waals surface area contributed by atoms with E-state index in [4.69, 9.17) is 0 Å². The first-order valence-corrected chi connectivity index (χ1v) is 4.23. The summed E-state index contributed by atoms with van der Waals surface area (Å²) in [7, 11) is 1.90. The van der Waals surface area contributed by atoms with Gasteiger partial charge in [0, 0.05) is 11.9 Å². The van der Waals surface area contributed by atoms with E-state index in [0.29, 0.717) is 0 Å². The summed E-state index contributed by atoms with van der Waals surface area (Å²) in [5, 5.41) is 4.05. The molecule has 10 heavy (non-hydrogen) atoms. The van der Waals surface area contributed by atoms with Crippen LogP contribution in [0, 0.1) is 6.92 Å². The van der Waals surface area contributed by atoms with Gasteiger partial charge in [0.05, 0.1) is 5.69 Å². The van der Waals surface area contributed by atoms with Gasteiger partial charge >= 0.3 is 0 Å². The van der Waals surface area contributed by atoms with Gasteiger partial charge in [0.2, 0.25) is 0 Å². The van der Waals surface area contributed by atoms with E-state index >= 15 is 0 Å². The van der Waals surface area contributed by atoms with E-state index < -0.39 is 0 Å². The molecule has 0 saturated heterocycles. The van der Waals surface area contributed by atoms with Crippen LogP contribution >= 0.6 is 11.3 Å². The van der Waals surface area contributed by atoms with E-state index in [1.807, 2.05) is 7.05 Å². The summed E-state index contributed by atoms with van der Waals surface area (Å²) in [6, 6.07) is 0. The fraction of sp³-hybridized carbons (Fsp3) is 0.571. The highest BCUT2D eigenvalue weighted by molar-refractivity contribution is 7.15. The Morgan fingerprint density at radius 2 is 2.30 bits per heavy atom. The van der Waals surface area contributed by atoms with E-state index in [2.05, 4.69) is 24.1 Å². The maximum atomic E-state index is 4.31. The molecule has 0 fully saturated rings. The third-order valence-electron chi connectivity index (χ3n) is 1.43. The molecule has 0 radical (unpaired) electrons. The summed E-state index contributed by atoms with van der Waals surface area (Å²) in [4.78, 5) is 5.69. The maximum Gasteiger partial charge on any atom is 0.182 e. The molecule has 56 valence electrons. The van der Waals surface area contributed by atoms with Crippen molar-refractivity contribution in [2.24, 2.45) is 0 Å². The first-order valence-electron chi connectivity index (χ1n) is 3.42. The molecule has 0 aliphatic rings. The Labute approximate surface area is 65.3 Å². The minimum atomic E-state index is 1.02. The van der Waals surface area contributed by atoms with Gasteiger partial charge in [-0.3, -0.25) is 0 Å². The number of thiazole rings is 1. The molecule has 1 heterocycles. The smallest absolute Gasteiger partial charge is 0.182 e. The molecule has 0 aromatic carbocycles. The van der Waals surface area contributed by atoms with Gasteiger partial charge in [-0.05, 0) is 13.3 Å². The summed E-state index contributed by atoms with van der Waals surface area (Å²) < 4.78 is 0. The van der Waals surface area contributed by atoms with Crippen LogP contribution in [-0.4, -0.2) is 12.0 Å². The van der Waals surface area contributed by atoms with Crippen molar-refractivity contribution in [2.75, 3.05) is 12.4 Å². The lowest BCUT2D eigenvalue weighted by atomic mass is 10.3. The minimum absolute atomic E-state index is 1.02. The van der Waals surface area contributed by atoms with Crippen LogP contribution in [-0.2, 0) is 6.42 Å². The summed E-state index contributed by atoms with van der Waals surface area (Å²) in [5.74, 6) is 0. The van der Waals surface area contributed by atoms with E-state index in [1.165, 1.54) is 4.88 Å². The van der Waals surface area contributed by atoms with Crippen LogP contribution in [0.3, 0.4) is 0 Å². The molecule has 1 N–H and O–H groups in total. The van der Waals surface area contributed by atoms with Crippen molar-refractivity contribution < 1.29 is 0 Å². The number of hydrogen-bond donors (Lipinski definition) is 1. The van der Waals surface area contributed by atoms with Crippen molar-refractivity contribution in [2.45, 2.75) is 20.3 Å². The second-order valence-electron chi connectivity index (χ2n) is 2.13. The van der Waals surface area contributed by atoms with Gasteiger partial charge in [-0.15, -0.1) is 11.3 Å². The van der Waals surface area contributed by atoms with Crippen molar-refractivity contribution in [3.05, 3.63) is 10.6 Å². The van der Waals surface area contributed by atoms with Crippen LogP contribution in [0.5, 0.6) is 0 Å².